The summed E-state index contributed by atoms with van der Waals surface area (Å²) in [5.41, 5.74) is 10.9. The van der Waals surface area contributed by atoms with Crippen molar-refractivity contribution in [2.45, 2.75) is 27.2 Å². The predicted molar refractivity (Wildman–Crippen MR) is 92.1 cm³/mol. The molecule has 1 aromatic carbocycles. The van der Waals surface area contributed by atoms with Gasteiger partial charge in [0, 0.05) is 11.4 Å². The summed E-state index contributed by atoms with van der Waals surface area (Å²) in [7, 11) is 0. The van der Waals surface area contributed by atoms with Crippen LogP contribution in [0.2, 0.25) is 0 Å². The molecule has 0 amide bonds. The Bertz CT molecular complexity index is 837. The number of nitrogens with zero attached hydrogens (tertiary/aromatic N) is 4. The van der Waals surface area contributed by atoms with Crippen molar-refractivity contribution in [3.8, 4) is 5.82 Å². The largest absolute Gasteiger partial charge is 0.393 e. The summed E-state index contributed by atoms with van der Waals surface area (Å²) in [5.74, 6) is 1.17. The SMILES string of the molecule is CCc1ccccc1Nc1ncnc(-n2nc(C)cc2C)c1N. The minimum Gasteiger partial charge on any atom is -0.393 e. The lowest BCUT2D eigenvalue weighted by Gasteiger charge is -2.14. The van der Waals surface area contributed by atoms with Crippen LogP contribution in [0.5, 0.6) is 0 Å². The van der Waals surface area contributed by atoms with E-state index >= 15 is 0 Å². The van der Waals surface area contributed by atoms with Gasteiger partial charge in [0.05, 0.1) is 5.69 Å². The molecule has 2 aromatic heterocycles. The van der Waals surface area contributed by atoms with Gasteiger partial charge in [0.15, 0.2) is 11.6 Å². The van der Waals surface area contributed by atoms with E-state index in [0.29, 0.717) is 17.3 Å². The minimum atomic E-state index is 0.476. The van der Waals surface area contributed by atoms with Crippen LogP contribution in [0.15, 0.2) is 36.7 Å². The number of nitrogens with one attached hydrogen (secondary N) is 1. The summed E-state index contributed by atoms with van der Waals surface area (Å²) in [5, 5.41) is 7.75. The molecule has 0 aliphatic carbocycles. The van der Waals surface area contributed by atoms with Gasteiger partial charge in [-0.25, -0.2) is 14.6 Å². The van der Waals surface area contributed by atoms with Gasteiger partial charge in [0.2, 0.25) is 0 Å². The molecule has 0 spiro atoms. The molecule has 0 aliphatic heterocycles. The Morgan fingerprint density at radius 2 is 1.96 bits per heavy atom. The lowest BCUT2D eigenvalue weighted by atomic mass is 10.1. The molecule has 6 heteroatoms. The number of hydrogen-bond acceptors (Lipinski definition) is 5. The van der Waals surface area contributed by atoms with Gasteiger partial charge in [0.25, 0.3) is 0 Å². The van der Waals surface area contributed by atoms with Gasteiger partial charge in [-0.3, -0.25) is 0 Å². The van der Waals surface area contributed by atoms with E-state index in [4.69, 9.17) is 5.73 Å². The fourth-order valence-electron chi connectivity index (χ4n) is 2.58. The van der Waals surface area contributed by atoms with Gasteiger partial charge < -0.3 is 11.1 Å². The summed E-state index contributed by atoms with van der Waals surface area (Å²) >= 11 is 0. The Balaban J connectivity index is 2.02. The highest BCUT2D eigenvalue weighted by Crippen LogP contribution is 2.27. The number of aryl methyl sites for hydroxylation is 3. The van der Waals surface area contributed by atoms with Crippen LogP contribution in [0.25, 0.3) is 5.82 Å². The number of benzene rings is 1. The molecule has 0 radical (unpaired) electrons. The molecule has 6 nitrogen and oxygen atoms in total. The first kappa shape index (κ1) is 15.0. The van der Waals surface area contributed by atoms with E-state index in [1.54, 1.807) is 4.68 Å². The van der Waals surface area contributed by atoms with E-state index in [0.717, 1.165) is 23.5 Å². The summed E-state index contributed by atoms with van der Waals surface area (Å²) in [4.78, 5) is 8.58. The van der Waals surface area contributed by atoms with Crippen LogP contribution in [-0.4, -0.2) is 19.7 Å². The third-order valence-electron chi connectivity index (χ3n) is 3.72. The zero-order valence-electron chi connectivity index (χ0n) is 13.5. The Morgan fingerprint density at radius 3 is 2.65 bits per heavy atom. The van der Waals surface area contributed by atoms with Crippen LogP contribution in [0.1, 0.15) is 23.9 Å². The molecule has 0 unspecified atom stereocenters. The van der Waals surface area contributed by atoms with Crippen LogP contribution < -0.4 is 11.1 Å². The van der Waals surface area contributed by atoms with E-state index in [1.807, 2.05) is 38.1 Å². The molecule has 3 rings (SSSR count). The number of aromatic nitrogens is 4. The van der Waals surface area contributed by atoms with Gasteiger partial charge in [-0.05, 0) is 38.0 Å². The van der Waals surface area contributed by atoms with Crippen molar-refractivity contribution in [1.29, 1.82) is 0 Å². The molecule has 0 fully saturated rings. The van der Waals surface area contributed by atoms with Crippen LogP contribution >= 0.6 is 0 Å². The second-order valence-electron chi connectivity index (χ2n) is 5.43. The molecular weight excluding hydrogens is 288 g/mol. The van der Waals surface area contributed by atoms with Gasteiger partial charge in [0.1, 0.15) is 12.0 Å². The number of para-hydroxylation sites is 1. The smallest absolute Gasteiger partial charge is 0.182 e. The Hall–Kier alpha value is -2.89. The van der Waals surface area contributed by atoms with E-state index in [1.165, 1.54) is 11.9 Å². The van der Waals surface area contributed by atoms with E-state index in [-0.39, 0.29) is 0 Å². The average Bonchev–Trinajstić information content (AvgIpc) is 2.88. The average molecular weight is 308 g/mol. The molecule has 118 valence electrons. The molecule has 0 bridgehead atoms. The van der Waals surface area contributed by atoms with Crippen molar-refractivity contribution in [3.63, 3.8) is 0 Å². The third kappa shape index (κ3) is 2.88. The molecule has 3 N–H and O–H groups in total. The first-order valence-electron chi connectivity index (χ1n) is 7.59. The Kier molecular flexibility index (Phi) is 3.97. The second kappa shape index (κ2) is 6.08. The topological polar surface area (TPSA) is 81.7 Å². The number of rotatable bonds is 4. The first-order chi connectivity index (χ1) is 11.1. The van der Waals surface area contributed by atoms with Gasteiger partial charge in [-0.2, -0.15) is 5.10 Å². The molecule has 0 atom stereocenters. The molecule has 0 saturated heterocycles. The Labute approximate surface area is 135 Å². The summed E-state index contributed by atoms with van der Waals surface area (Å²) < 4.78 is 1.74. The normalized spacial score (nSPS) is 10.7. The molecule has 0 saturated carbocycles. The van der Waals surface area contributed by atoms with Crippen molar-refractivity contribution in [3.05, 3.63) is 53.6 Å². The first-order valence-corrected chi connectivity index (χ1v) is 7.59. The zero-order valence-corrected chi connectivity index (χ0v) is 13.5. The number of nitrogens with two attached hydrogens (primary N) is 1. The lowest BCUT2D eigenvalue weighted by Crippen LogP contribution is -2.10. The summed E-state index contributed by atoms with van der Waals surface area (Å²) in [6, 6.07) is 10.1. The maximum absolute atomic E-state index is 6.28. The van der Waals surface area contributed by atoms with Crippen molar-refractivity contribution >= 4 is 17.2 Å². The van der Waals surface area contributed by atoms with E-state index in [9.17, 15) is 0 Å². The van der Waals surface area contributed by atoms with Crippen molar-refractivity contribution in [1.82, 2.24) is 19.7 Å². The van der Waals surface area contributed by atoms with Crippen LogP contribution in [0.4, 0.5) is 17.2 Å². The Morgan fingerprint density at radius 1 is 1.17 bits per heavy atom. The number of nitrogen functional groups attached to an aromatic ring is 1. The molecule has 0 aliphatic rings. The highest BCUT2D eigenvalue weighted by Gasteiger charge is 2.13. The standard InChI is InChI=1S/C17H20N6/c1-4-13-7-5-6-8-14(13)21-16-15(18)17(20-10-19-16)23-12(3)9-11(2)22-23/h5-10H,4,18H2,1-3H3,(H,19,20,21). The monoisotopic (exact) mass is 308 g/mol. The van der Waals surface area contributed by atoms with E-state index < -0.39 is 0 Å². The fraction of sp³-hybridized carbons (Fsp3) is 0.235. The van der Waals surface area contributed by atoms with Gasteiger partial charge in [-0.15, -0.1) is 0 Å². The number of anilines is 3. The zero-order chi connectivity index (χ0) is 16.4. The second-order valence-corrected chi connectivity index (χ2v) is 5.43. The highest BCUT2D eigenvalue weighted by atomic mass is 15.3. The molecular formula is C17H20N6. The van der Waals surface area contributed by atoms with Crippen LogP contribution in [0, 0.1) is 13.8 Å². The van der Waals surface area contributed by atoms with Crippen molar-refractivity contribution in [2.24, 2.45) is 0 Å². The highest BCUT2D eigenvalue weighted by molar-refractivity contribution is 5.75. The molecule has 23 heavy (non-hydrogen) atoms. The van der Waals surface area contributed by atoms with Crippen LogP contribution in [0.3, 0.4) is 0 Å². The number of hydrogen-bond donors (Lipinski definition) is 2. The van der Waals surface area contributed by atoms with Crippen molar-refractivity contribution < 1.29 is 0 Å². The molecule has 3 aromatic rings. The fourth-order valence-corrected chi connectivity index (χ4v) is 2.58. The lowest BCUT2D eigenvalue weighted by molar-refractivity contribution is 0.804. The maximum Gasteiger partial charge on any atom is 0.182 e. The summed E-state index contributed by atoms with van der Waals surface area (Å²) in [6.45, 7) is 6.03. The third-order valence-corrected chi connectivity index (χ3v) is 3.72. The van der Waals surface area contributed by atoms with Crippen molar-refractivity contribution in [2.75, 3.05) is 11.1 Å². The minimum absolute atomic E-state index is 0.476. The summed E-state index contributed by atoms with van der Waals surface area (Å²) in [6.07, 6.45) is 2.43. The quantitative estimate of drug-likeness (QED) is 0.773. The van der Waals surface area contributed by atoms with Gasteiger partial charge >= 0.3 is 0 Å². The maximum atomic E-state index is 6.28. The molecule has 2 heterocycles. The van der Waals surface area contributed by atoms with Gasteiger partial charge in [-0.1, -0.05) is 25.1 Å². The van der Waals surface area contributed by atoms with Crippen LogP contribution in [-0.2, 0) is 6.42 Å². The predicted octanol–water partition coefficient (Wildman–Crippen LogP) is 3.17. The van der Waals surface area contributed by atoms with E-state index in [2.05, 4.69) is 33.4 Å².